The third kappa shape index (κ3) is 3.41. The molecule has 0 spiro atoms. The molecule has 1 aliphatic rings. The minimum Gasteiger partial charge on any atom is -0.447 e. The second-order valence-electron chi connectivity index (χ2n) is 5.28. The molecule has 0 bridgehead atoms. The van der Waals surface area contributed by atoms with E-state index in [1.165, 1.54) is 19.5 Å². The van der Waals surface area contributed by atoms with E-state index < -0.39 is 10.0 Å². The maximum absolute atomic E-state index is 11.6. The molecule has 1 fully saturated rings. The fourth-order valence-electron chi connectivity index (χ4n) is 2.59. The molecule has 114 valence electrons. The summed E-state index contributed by atoms with van der Waals surface area (Å²) in [6, 6.07) is 3.08. The van der Waals surface area contributed by atoms with Gasteiger partial charge in [0, 0.05) is 5.54 Å². The summed E-state index contributed by atoms with van der Waals surface area (Å²) in [5.74, 6) is 0.553. The van der Waals surface area contributed by atoms with E-state index in [4.69, 9.17) is 4.42 Å². The van der Waals surface area contributed by atoms with Gasteiger partial charge >= 0.3 is 0 Å². The second kappa shape index (κ2) is 6.26. The smallest absolute Gasteiger partial charge is 0.273 e. The van der Waals surface area contributed by atoms with Crippen molar-refractivity contribution < 1.29 is 17.9 Å². The standard InChI is InChI=1S/C13H22N2O4S/c1-14-20(17,18)12-6-5-11(19-12)9-15-13(10-16)7-3-2-4-8-13/h5-6,14-16H,2-4,7-10H2,1H3. The van der Waals surface area contributed by atoms with Crippen molar-refractivity contribution in [3.8, 4) is 0 Å². The molecule has 2 rings (SSSR count). The number of nitrogens with one attached hydrogen (secondary N) is 2. The Morgan fingerprint density at radius 2 is 2.00 bits per heavy atom. The third-order valence-electron chi connectivity index (χ3n) is 3.92. The number of furan rings is 1. The van der Waals surface area contributed by atoms with Crippen molar-refractivity contribution in [2.24, 2.45) is 0 Å². The van der Waals surface area contributed by atoms with Crippen LogP contribution in [-0.4, -0.2) is 32.7 Å². The molecule has 20 heavy (non-hydrogen) atoms. The lowest BCUT2D eigenvalue weighted by molar-refractivity contribution is 0.117. The fraction of sp³-hybridized carbons (Fsp3) is 0.692. The predicted octanol–water partition coefficient (Wildman–Crippen LogP) is 0.972. The lowest BCUT2D eigenvalue weighted by atomic mass is 9.82. The highest BCUT2D eigenvalue weighted by Gasteiger charge is 2.31. The predicted molar refractivity (Wildman–Crippen MR) is 74.7 cm³/mol. The molecule has 0 atom stereocenters. The largest absolute Gasteiger partial charge is 0.447 e. The summed E-state index contributed by atoms with van der Waals surface area (Å²) in [6.45, 7) is 0.509. The van der Waals surface area contributed by atoms with E-state index >= 15 is 0 Å². The molecular weight excluding hydrogens is 280 g/mol. The number of sulfonamides is 1. The summed E-state index contributed by atoms with van der Waals surface area (Å²) in [5.41, 5.74) is -0.257. The fourth-order valence-corrected chi connectivity index (χ4v) is 3.26. The van der Waals surface area contributed by atoms with Crippen LogP contribution >= 0.6 is 0 Å². The Bertz CT molecular complexity index is 532. The number of hydrogen-bond donors (Lipinski definition) is 3. The van der Waals surface area contributed by atoms with Crippen LogP contribution in [0, 0.1) is 0 Å². The maximum atomic E-state index is 11.6. The molecular formula is C13H22N2O4S. The summed E-state index contributed by atoms with van der Waals surface area (Å²) < 4.78 is 30.7. The van der Waals surface area contributed by atoms with E-state index in [1.54, 1.807) is 6.07 Å². The minimum absolute atomic E-state index is 0.0847. The van der Waals surface area contributed by atoms with Gasteiger partial charge in [0.2, 0.25) is 5.09 Å². The molecule has 0 aliphatic heterocycles. The van der Waals surface area contributed by atoms with E-state index in [0.29, 0.717) is 12.3 Å². The summed E-state index contributed by atoms with van der Waals surface area (Å²) >= 11 is 0. The summed E-state index contributed by atoms with van der Waals surface area (Å²) in [5, 5.41) is 12.8. The highest BCUT2D eigenvalue weighted by molar-refractivity contribution is 7.89. The molecule has 1 aromatic heterocycles. The SMILES string of the molecule is CNS(=O)(=O)c1ccc(CNC2(CO)CCCCC2)o1. The number of rotatable bonds is 6. The number of aliphatic hydroxyl groups excluding tert-OH is 1. The van der Waals surface area contributed by atoms with Gasteiger partial charge in [-0.05, 0) is 32.0 Å². The van der Waals surface area contributed by atoms with Crippen LogP contribution in [0.15, 0.2) is 21.6 Å². The summed E-state index contributed by atoms with van der Waals surface area (Å²) in [4.78, 5) is 0. The van der Waals surface area contributed by atoms with Crippen molar-refractivity contribution in [1.82, 2.24) is 10.0 Å². The molecule has 1 heterocycles. The van der Waals surface area contributed by atoms with Crippen LogP contribution in [0.5, 0.6) is 0 Å². The first-order valence-corrected chi connectivity index (χ1v) is 8.38. The van der Waals surface area contributed by atoms with E-state index in [2.05, 4.69) is 10.0 Å². The number of hydrogen-bond acceptors (Lipinski definition) is 5. The van der Waals surface area contributed by atoms with E-state index in [9.17, 15) is 13.5 Å². The molecule has 7 heteroatoms. The van der Waals surface area contributed by atoms with Crippen LogP contribution in [0.3, 0.4) is 0 Å². The van der Waals surface area contributed by atoms with Crippen LogP contribution in [0.1, 0.15) is 37.9 Å². The zero-order chi connectivity index (χ0) is 14.6. The second-order valence-corrected chi connectivity index (χ2v) is 7.10. The van der Waals surface area contributed by atoms with Gasteiger partial charge in [0.25, 0.3) is 10.0 Å². The van der Waals surface area contributed by atoms with Crippen LogP contribution in [0.2, 0.25) is 0 Å². The van der Waals surface area contributed by atoms with Gasteiger partial charge < -0.3 is 14.8 Å². The first-order chi connectivity index (χ1) is 9.51. The van der Waals surface area contributed by atoms with Gasteiger partial charge in [-0.25, -0.2) is 13.1 Å². The molecule has 0 amide bonds. The van der Waals surface area contributed by atoms with Crippen molar-refractivity contribution in [3.05, 3.63) is 17.9 Å². The highest BCUT2D eigenvalue weighted by atomic mass is 32.2. The van der Waals surface area contributed by atoms with Crippen LogP contribution in [-0.2, 0) is 16.6 Å². The molecule has 0 radical (unpaired) electrons. The molecule has 3 N–H and O–H groups in total. The molecule has 0 saturated heterocycles. The molecule has 1 aromatic rings. The Morgan fingerprint density at radius 3 is 2.60 bits per heavy atom. The van der Waals surface area contributed by atoms with E-state index in [-0.39, 0.29) is 17.2 Å². The first kappa shape index (κ1) is 15.5. The maximum Gasteiger partial charge on any atom is 0.273 e. The van der Waals surface area contributed by atoms with Gasteiger partial charge in [-0.3, -0.25) is 0 Å². The van der Waals surface area contributed by atoms with Crippen molar-refractivity contribution in [2.45, 2.75) is 49.3 Å². The van der Waals surface area contributed by atoms with Crippen molar-refractivity contribution >= 4 is 10.0 Å². The minimum atomic E-state index is -3.54. The lowest BCUT2D eigenvalue weighted by Gasteiger charge is -2.36. The van der Waals surface area contributed by atoms with Gasteiger partial charge in [0.1, 0.15) is 5.76 Å². The zero-order valence-corrected chi connectivity index (χ0v) is 12.5. The van der Waals surface area contributed by atoms with Crippen LogP contribution < -0.4 is 10.0 Å². The van der Waals surface area contributed by atoms with Gasteiger partial charge in [-0.15, -0.1) is 0 Å². The van der Waals surface area contributed by atoms with Crippen molar-refractivity contribution in [2.75, 3.05) is 13.7 Å². The molecule has 0 unspecified atom stereocenters. The van der Waals surface area contributed by atoms with Gasteiger partial charge in [0.15, 0.2) is 0 Å². The van der Waals surface area contributed by atoms with Crippen molar-refractivity contribution in [3.63, 3.8) is 0 Å². The third-order valence-corrected chi connectivity index (χ3v) is 5.21. The van der Waals surface area contributed by atoms with Gasteiger partial charge in [0.05, 0.1) is 13.2 Å². The van der Waals surface area contributed by atoms with E-state index in [1.807, 2.05) is 0 Å². The summed E-state index contributed by atoms with van der Waals surface area (Å²) in [7, 11) is -2.19. The van der Waals surface area contributed by atoms with E-state index in [0.717, 1.165) is 25.7 Å². The van der Waals surface area contributed by atoms with Gasteiger partial charge in [-0.2, -0.15) is 0 Å². The topological polar surface area (TPSA) is 91.6 Å². The van der Waals surface area contributed by atoms with Crippen LogP contribution in [0.4, 0.5) is 0 Å². The number of aliphatic hydroxyl groups is 1. The average molecular weight is 302 g/mol. The Labute approximate surface area is 119 Å². The lowest BCUT2D eigenvalue weighted by Crippen LogP contribution is -2.49. The zero-order valence-electron chi connectivity index (χ0n) is 11.7. The van der Waals surface area contributed by atoms with Gasteiger partial charge in [-0.1, -0.05) is 19.3 Å². The van der Waals surface area contributed by atoms with Crippen molar-refractivity contribution in [1.29, 1.82) is 0 Å². The average Bonchev–Trinajstić information content (AvgIpc) is 2.96. The molecule has 6 nitrogen and oxygen atoms in total. The first-order valence-electron chi connectivity index (χ1n) is 6.89. The quantitative estimate of drug-likeness (QED) is 0.728. The molecule has 1 aliphatic carbocycles. The Kier molecular flexibility index (Phi) is 4.85. The highest BCUT2D eigenvalue weighted by Crippen LogP contribution is 2.28. The normalized spacial score (nSPS) is 19.1. The Balaban J connectivity index is 2.00. The molecule has 0 aromatic carbocycles. The monoisotopic (exact) mass is 302 g/mol. The summed E-state index contributed by atoms with van der Waals surface area (Å²) in [6.07, 6.45) is 5.28. The Hall–Kier alpha value is -0.890. The van der Waals surface area contributed by atoms with Crippen LogP contribution in [0.25, 0.3) is 0 Å². The molecule has 1 saturated carbocycles. The Morgan fingerprint density at radius 1 is 1.30 bits per heavy atom.